The molecule has 0 fully saturated rings. The van der Waals surface area contributed by atoms with Crippen molar-refractivity contribution in [2.24, 2.45) is 0 Å². The van der Waals surface area contributed by atoms with Gasteiger partial charge in [-0.05, 0) is 13.8 Å². The van der Waals surface area contributed by atoms with Gasteiger partial charge in [0.15, 0.2) is 0 Å². The first-order valence-corrected chi connectivity index (χ1v) is 5.26. The number of aliphatic hydroxyl groups excluding tert-OH is 1. The third-order valence-electron chi connectivity index (χ3n) is 1.04. The summed E-state index contributed by atoms with van der Waals surface area (Å²) in [6, 6.07) is 0. The van der Waals surface area contributed by atoms with Crippen molar-refractivity contribution in [3.8, 4) is 0 Å². The molecule has 7 heteroatoms. The Kier molecular flexibility index (Phi) is 21.7. The molecule has 18 heavy (non-hydrogen) atoms. The zero-order valence-corrected chi connectivity index (χ0v) is 11.3. The van der Waals surface area contributed by atoms with E-state index in [-0.39, 0.29) is 24.8 Å². The highest BCUT2D eigenvalue weighted by atomic mass is 16.5. The number of ether oxygens (including phenoxy) is 2. The maximum absolute atomic E-state index is 9.87. The van der Waals surface area contributed by atoms with Crippen molar-refractivity contribution in [1.82, 2.24) is 0 Å². The van der Waals surface area contributed by atoms with Crippen molar-refractivity contribution in [1.29, 1.82) is 0 Å². The molecule has 7 nitrogen and oxygen atoms in total. The highest BCUT2D eigenvalue weighted by Crippen LogP contribution is 1.77. The molecule has 108 valence electrons. The molecule has 2 N–H and O–H groups in total. The lowest BCUT2D eigenvalue weighted by Crippen LogP contribution is -2.00. The van der Waals surface area contributed by atoms with E-state index in [0.29, 0.717) is 13.2 Å². The van der Waals surface area contributed by atoms with E-state index in [9.17, 15) is 14.4 Å². The number of hydrogen-bond acceptors (Lipinski definition) is 6. The van der Waals surface area contributed by atoms with Crippen LogP contribution in [0.3, 0.4) is 0 Å². The van der Waals surface area contributed by atoms with E-state index in [4.69, 9.17) is 10.2 Å². The molecule has 0 atom stereocenters. The molecule has 0 amide bonds. The third kappa shape index (κ3) is 46.9. The molecule has 0 aliphatic rings. The maximum Gasteiger partial charge on any atom is 0.310 e. The largest absolute Gasteiger partial charge is 0.481 e. The second kappa shape index (κ2) is 17.9. The fourth-order valence-corrected chi connectivity index (χ4v) is 0.508. The van der Waals surface area contributed by atoms with Crippen LogP contribution in [0.5, 0.6) is 0 Å². The first kappa shape index (κ1) is 21.8. The summed E-state index contributed by atoms with van der Waals surface area (Å²) in [5, 5.41) is 15.8. The zero-order chi connectivity index (χ0) is 15.0. The number of rotatable bonds is 5. The zero-order valence-electron chi connectivity index (χ0n) is 11.3. The number of Topliss-reactive ketones (excluding diaryl/α,β-unsaturated/α-hetero) is 1. The van der Waals surface area contributed by atoms with Gasteiger partial charge in [0, 0.05) is 14.0 Å². The molecule has 0 radical (unpaired) electrons. The summed E-state index contributed by atoms with van der Waals surface area (Å²) in [5.41, 5.74) is 0. The molecule has 0 rings (SSSR count). The molecule has 0 spiro atoms. The molecular weight excluding hydrogens is 244 g/mol. The highest BCUT2D eigenvalue weighted by Gasteiger charge is 1.98. The van der Waals surface area contributed by atoms with Crippen molar-refractivity contribution >= 4 is 17.7 Å². The highest BCUT2D eigenvalue weighted by molar-refractivity contribution is 5.93. The molecule has 0 bridgehead atoms. The Morgan fingerprint density at radius 3 is 1.67 bits per heavy atom. The summed E-state index contributed by atoms with van der Waals surface area (Å²) >= 11 is 0. The Labute approximate surface area is 107 Å². The van der Waals surface area contributed by atoms with Gasteiger partial charge in [0.05, 0.1) is 19.8 Å². The number of aliphatic carboxylic acids is 1. The summed E-state index contributed by atoms with van der Waals surface area (Å²) < 4.78 is 8.84. The number of carboxylic acid groups (broad SMARTS) is 1. The van der Waals surface area contributed by atoms with Crippen LogP contribution in [0.4, 0.5) is 0 Å². The van der Waals surface area contributed by atoms with E-state index >= 15 is 0 Å². The topological polar surface area (TPSA) is 110 Å². The van der Waals surface area contributed by atoms with E-state index in [1.807, 2.05) is 0 Å². The average Bonchev–Trinajstić information content (AvgIpc) is 2.17. The standard InChI is InChI=1S/C4H6O3.C4H8O2.C3H8O2/c1-3(5)2-4(6)7;1-3-6-4(2)5;1-5-3-2-4/h2H2,1H3,(H,6,7);3H2,1-2H3;4H,2-3H2,1H3. The predicted octanol–water partition coefficient (Wildman–Crippen LogP) is 0.245. The van der Waals surface area contributed by atoms with Gasteiger partial charge >= 0.3 is 11.9 Å². The van der Waals surface area contributed by atoms with Crippen LogP contribution in [0.15, 0.2) is 0 Å². The van der Waals surface area contributed by atoms with Gasteiger partial charge < -0.3 is 19.7 Å². The van der Waals surface area contributed by atoms with Crippen LogP contribution in [-0.2, 0) is 23.9 Å². The van der Waals surface area contributed by atoms with Crippen LogP contribution in [0.2, 0.25) is 0 Å². The van der Waals surface area contributed by atoms with Gasteiger partial charge in [0.25, 0.3) is 0 Å². The summed E-state index contributed by atoms with van der Waals surface area (Å²) in [6.45, 7) is 5.46. The van der Waals surface area contributed by atoms with Gasteiger partial charge in [-0.1, -0.05) is 0 Å². The predicted molar refractivity (Wildman–Crippen MR) is 64.2 cm³/mol. The summed E-state index contributed by atoms with van der Waals surface area (Å²) in [4.78, 5) is 29.3. The van der Waals surface area contributed by atoms with Crippen LogP contribution in [0, 0.1) is 0 Å². The van der Waals surface area contributed by atoms with Gasteiger partial charge in [0.1, 0.15) is 12.2 Å². The number of ketones is 1. The monoisotopic (exact) mass is 266 g/mol. The molecule has 0 aromatic heterocycles. The first-order valence-electron chi connectivity index (χ1n) is 5.26. The smallest absolute Gasteiger partial charge is 0.310 e. The van der Waals surface area contributed by atoms with Crippen LogP contribution in [-0.4, -0.2) is 54.9 Å². The van der Waals surface area contributed by atoms with Crippen molar-refractivity contribution in [3.63, 3.8) is 0 Å². The minimum Gasteiger partial charge on any atom is -0.481 e. The van der Waals surface area contributed by atoms with Crippen LogP contribution < -0.4 is 0 Å². The SMILES string of the molecule is CC(=O)CC(=O)O.CCOC(C)=O.COCCO. The number of carboxylic acids is 1. The molecule has 0 aliphatic heterocycles. The normalized spacial score (nSPS) is 8.06. The number of hydrogen-bond donors (Lipinski definition) is 2. The lowest BCUT2D eigenvalue weighted by Gasteiger charge is -1.89. The molecule has 0 aromatic rings. The van der Waals surface area contributed by atoms with Crippen molar-refractivity contribution in [3.05, 3.63) is 0 Å². The Hall–Kier alpha value is -1.47. The van der Waals surface area contributed by atoms with E-state index in [2.05, 4.69) is 9.47 Å². The van der Waals surface area contributed by atoms with Gasteiger partial charge in [0.2, 0.25) is 0 Å². The molecule has 0 aromatic carbocycles. The number of carbonyl (C=O) groups excluding carboxylic acids is 2. The quantitative estimate of drug-likeness (QED) is 0.542. The molecule has 0 heterocycles. The van der Waals surface area contributed by atoms with Crippen LogP contribution in [0.25, 0.3) is 0 Å². The Morgan fingerprint density at radius 1 is 1.17 bits per heavy atom. The third-order valence-corrected chi connectivity index (χ3v) is 1.04. The van der Waals surface area contributed by atoms with Crippen molar-refractivity contribution in [2.45, 2.75) is 27.2 Å². The fourth-order valence-electron chi connectivity index (χ4n) is 0.508. The minimum absolute atomic E-state index is 0.122. The average molecular weight is 266 g/mol. The Morgan fingerprint density at radius 2 is 1.67 bits per heavy atom. The van der Waals surface area contributed by atoms with Crippen molar-refractivity contribution < 1.29 is 34.1 Å². The van der Waals surface area contributed by atoms with Crippen molar-refractivity contribution in [2.75, 3.05) is 26.9 Å². The molecular formula is C11H22O7. The number of aliphatic hydroxyl groups is 1. The lowest BCUT2D eigenvalue weighted by atomic mass is 10.3. The Balaban J connectivity index is -0.000000190. The minimum atomic E-state index is -1.06. The van der Waals surface area contributed by atoms with Gasteiger partial charge in [-0.3, -0.25) is 14.4 Å². The summed E-state index contributed by atoms with van der Waals surface area (Å²) in [7, 11) is 1.55. The van der Waals surface area contributed by atoms with Gasteiger partial charge in [-0.2, -0.15) is 0 Å². The summed E-state index contributed by atoms with van der Waals surface area (Å²) in [5.74, 6) is -1.59. The van der Waals surface area contributed by atoms with Crippen LogP contribution in [0.1, 0.15) is 27.2 Å². The van der Waals surface area contributed by atoms with Crippen LogP contribution >= 0.6 is 0 Å². The molecule has 0 saturated heterocycles. The lowest BCUT2D eigenvalue weighted by molar-refractivity contribution is -0.141. The maximum atomic E-state index is 9.87. The first-order chi connectivity index (χ1) is 8.31. The van der Waals surface area contributed by atoms with Gasteiger partial charge in [-0.15, -0.1) is 0 Å². The number of carbonyl (C=O) groups is 3. The Bertz CT molecular complexity index is 211. The molecule has 0 unspecified atom stereocenters. The van der Waals surface area contributed by atoms with E-state index in [1.165, 1.54) is 13.8 Å². The second-order valence-corrected chi connectivity index (χ2v) is 2.91. The molecule has 0 saturated carbocycles. The fraction of sp³-hybridized carbons (Fsp3) is 0.727. The number of esters is 1. The van der Waals surface area contributed by atoms with E-state index in [1.54, 1.807) is 14.0 Å². The molecule has 0 aliphatic carbocycles. The second-order valence-electron chi connectivity index (χ2n) is 2.91. The summed E-state index contributed by atoms with van der Waals surface area (Å²) in [6.07, 6.45) is -0.361. The van der Waals surface area contributed by atoms with E-state index < -0.39 is 5.97 Å². The number of methoxy groups -OCH3 is 1. The van der Waals surface area contributed by atoms with Gasteiger partial charge in [-0.25, -0.2) is 0 Å². The van der Waals surface area contributed by atoms with E-state index in [0.717, 1.165) is 0 Å².